The van der Waals surface area contributed by atoms with Gasteiger partial charge in [-0.3, -0.25) is 0 Å². The summed E-state index contributed by atoms with van der Waals surface area (Å²) in [6.07, 6.45) is 7.92. The van der Waals surface area contributed by atoms with E-state index in [-0.39, 0.29) is 6.04 Å². The molecule has 2 rings (SSSR count). The van der Waals surface area contributed by atoms with Crippen molar-refractivity contribution in [3.63, 3.8) is 0 Å². The van der Waals surface area contributed by atoms with Crippen LogP contribution in [0.25, 0.3) is 0 Å². The van der Waals surface area contributed by atoms with Crippen molar-refractivity contribution >= 4 is 27.5 Å². The van der Waals surface area contributed by atoms with Gasteiger partial charge in [0.05, 0.1) is 0 Å². The van der Waals surface area contributed by atoms with E-state index < -0.39 is 0 Å². The Morgan fingerprint density at radius 2 is 1.94 bits per heavy atom. The van der Waals surface area contributed by atoms with Gasteiger partial charge in [-0.05, 0) is 36.1 Å². The molecule has 1 aromatic rings. The minimum absolute atomic E-state index is 0.119. The Hall–Kier alpha value is -0.0500. The van der Waals surface area contributed by atoms with E-state index >= 15 is 0 Å². The maximum absolute atomic E-state index is 6.28. The first-order chi connectivity index (χ1) is 8.15. The average molecular weight is 317 g/mol. The van der Waals surface area contributed by atoms with E-state index in [1.54, 1.807) is 0 Å². The van der Waals surface area contributed by atoms with E-state index in [2.05, 4.69) is 22.0 Å². The first-order valence-corrected chi connectivity index (χ1v) is 7.54. The maximum Gasteiger partial charge on any atom is 0.0420 e. The highest BCUT2D eigenvalue weighted by Gasteiger charge is 2.18. The van der Waals surface area contributed by atoms with Crippen molar-refractivity contribution in [2.45, 2.75) is 44.6 Å². The molecule has 94 valence electrons. The zero-order valence-electron chi connectivity index (χ0n) is 9.96. The minimum atomic E-state index is 0.119. The fourth-order valence-corrected chi connectivity index (χ4v) is 3.59. The predicted octanol–water partition coefficient (Wildman–Crippen LogP) is 5.07. The molecule has 17 heavy (non-hydrogen) atoms. The van der Waals surface area contributed by atoms with Gasteiger partial charge in [-0.2, -0.15) is 0 Å². The molecule has 0 heterocycles. The molecule has 1 aliphatic carbocycles. The molecule has 0 aliphatic heterocycles. The van der Waals surface area contributed by atoms with Crippen LogP contribution in [-0.4, -0.2) is 0 Å². The van der Waals surface area contributed by atoms with Gasteiger partial charge in [0.15, 0.2) is 0 Å². The molecule has 1 aromatic carbocycles. The van der Waals surface area contributed by atoms with E-state index in [1.165, 1.54) is 32.1 Å². The smallest absolute Gasteiger partial charge is 0.0420 e. The molecule has 0 radical (unpaired) electrons. The van der Waals surface area contributed by atoms with Gasteiger partial charge in [0, 0.05) is 15.5 Å². The van der Waals surface area contributed by atoms with Gasteiger partial charge < -0.3 is 5.73 Å². The van der Waals surface area contributed by atoms with Crippen molar-refractivity contribution in [1.29, 1.82) is 0 Å². The van der Waals surface area contributed by atoms with Gasteiger partial charge in [-0.1, -0.05) is 59.6 Å². The molecule has 3 heteroatoms. The minimum Gasteiger partial charge on any atom is -0.324 e. The van der Waals surface area contributed by atoms with Gasteiger partial charge in [0.1, 0.15) is 0 Å². The highest BCUT2D eigenvalue weighted by atomic mass is 79.9. The third-order valence-corrected chi connectivity index (χ3v) is 4.30. The molecule has 2 N–H and O–H groups in total. The molecule has 1 atom stereocenters. The maximum atomic E-state index is 6.28. The second kappa shape index (κ2) is 6.21. The molecule has 0 amide bonds. The molecule has 1 saturated carbocycles. The molecule has 1 fully saturated rings. The van der Waals surface area contributed by atoms with Crippen molar-refractivity contribution in [1.82, 2.24) is 0 Å². The monoisotopic (exact) mass is 315 g/mol. The van der Waals surface area contributed by atoms with Crippen LogP contribution in [-0.2, 0) is 0 Å². The molecular formula is C14H19BrClN. The van der Waals surface area contributed by atoms with E-state index in [0.717, 1.165) is 27.4 Å². The second-order valence-corrected chi connectivity index (χ2v) is 6.40. The quantitative estimate of drug-likeness (QED) is 0.827. The first-order valence-electron chi connectivity index (χ1n) is 6.37. The van der Waals surface area contributed by atoms with Gasteiger partial charge in [-0.15, -0.1) is 0 Å². The van der Waals surface area contributed by atoms with Gasteiger partial charge >= 0.3 is 0 Å². The SMILES string of the molecule is NC(CC1CCCCC1)c1cc(Cl)cc(Br)c1. The lowest BCUT2D eigenvalue weighted by Crippen LogP contribution is -2.17. The lowest BCUT2D eigenvalue weighted by molar-refractivity contribution is 0.319. The standard InChI is InChI=1S/C14H19BrClN/c15-12-7-11(8-13(16)9-12)14(17)6-10-4-2-1-3-5-10/h7-10,14H,1-6,17H2. The molecule has 0 bridgehead atoms. The van der Waals surface area contributed by atoms with E-state index in [0.29, 0.717) is 0 Å². The summed E-state index contributed by atoms with van der Waals surface area (Å²) in [5, 5.41) is 0.758. The van der Waals surface area contributed by atoms with Crippen LogP contribution in [0, 0.1) is 5.92 Å². The highest BCUT2D eigenvalue weighted by Crippen LogP contribution is 2.32. The fourth-order valence-electron chi connectivity index (χ4n) is 2.71. The summed E-state index contributed by atoms with van der Waals surface area (Å²) in [5.74, 6) is 0.802. The van der Waals surface area contributed by atoms with Crippen molar-refractivity contribution in [3.05, 3.63) is 33.3 Å². The second-order valence-electron chi connectivity index (χ2n) is 5.05. The van der Waals surface area contributed by atoms with Crippen molar-refractivity contribution in [3.8, 4) is 0 Å². The zero-order valence-corrected chi connectivity index (χ0v) is 12.3. The Kier molecular flexibility index (Phi) is 4.89. The first kappa shape index (κ1) is 13.4. The Labute approximate surface area is 117 Å². The summed E-state index contributed by atoms with van der Waals surface area (Å²) in [5.41, 5.74) is 7.43. The normalized spacial score (nSPS) is 19.2. The highest BCUT2D eigenvalue weighted by molar-refractivity contribution is 9.10. The van der Waals surface area contributed by atoms with Gasteiger partial charge in [-0.25, -0.2) is 0 Å². The van der Waals surface area contributed by atoms with E-state index in [9.17, 15) is 0 Å². The zero-order chi connectivity index (χ0) is 12.3. The summed E-state index contributed by atoms with van der Waals surface area (Å²) in [7, 11) is 0. The Morgan fingerprint density at radius 1 is 1.24 bits per heavy atom. The Bertz CT molecular complexity index is 354. The van der Waals surface area contributed by atoms with Gasteiger partial charge in [0.2, 0.25) is 0 Å². The van der Waals surface area contributed by atoms with Crippen molar-refractivity contribution < 1.29 is 0 Å². The predicted molar refractivity (Wildman–Crippen MR) is 77.3 cm³/mol. The molecule has 1 nitrogen and oxygen atoms in total. The average Bonchev–Trinajstić information content (AvgIpc) is 2.29. The van der Waals surface area contributed by atoms with Crippen LogP contribution >= 0.6 is 27.5 Å². The summed E-state index contributed by atoms with van der Waals surface area (Å²) >= 11 is 9.52. The number of halogens is 2. The largest absolute Gasteiger partial charge is 0.324 e. The number of rotatable bonds is 3. The molecular weight excluding hydrogens is 298 g/mol. The van der Waals surface area contributed by atoms with Gasteiger partial charge in [0.25, 0.3) is 0 Å². The molecule has 0 saturated heterocycles. The molecule has 0 spiro atoms. The molecule has 0 aromatic heterocycles. The van der Waals surface area contributed by atoms with Crippen LogP contribution in [0.3, 0.4) is 0 Å². The van der Waals surface area contributed by atoms with E-state index in [4.69, 9.17) is 17.3 Å². The van der Waals surface area contributed by atoms with Crippen LogP contribution < -0.4 is 5.73 Å². The summed E-state index contributed by atoms with van der Waals surface area (Å²) < 4.78 is 1.01. The lowest BCUT2D eigenvalue weighted by Gasteiger charge is -2.24. The van der Waals surface area contributed by atoms with Crippen LogP contribution in [0.4, 0.5) is 0 Å². The van der Waals surface area contributed by atoms with Crippen molar-refractivity contribution in [2.24, 2.45) is 11.7 Å². The number of hydrogen-bond acceptors (Lipinski definition) is 1. The summed E-state index contributed by atoms with van der Waals surface area (Å²) in [4.78, 5) is 0. The number of benzene rings is 1. The topological polar surface area (TPSA) is 26.0 Å². The van der Waals surface area contributed by atoms with Crippen molar-refractivity contribution in [2.75, 3.05) is 0 Å². The summed E-state index contributed by atoms with van der Waals surface area (Å²) in [6, 6.07) is 6.09. The Balaban J connectivity index is 2.00. The van der Waals surface area contributed by atoms with Crippen LogP contribution in [0.1, 0.15) is 50.1 Å². The third kappa shape index (κ3) is 3.97. The molecule has 1 unspecified atom stereocenters. The van der Waals surface area contributed by atoms with Crippen LogP contribution in [0.15, 0.2) is 22.7 Å². The van der Waals surface area contributed by atoms with Crippen LogP contribution in [0.2, 0.25) is 5.02 Å². The summed E-state index contributed by atoms with van der Waals surface area (Å²) in [6.45, 7) is 0. The lowest BCUT2D eigenvalue weighted by atomic mass is 9.83. The third-order valence-electron chi connectivity index (χ3n) is 3.63. The molecule has 1 aliphatic rings. The van der Waals surface area contributed by atoms with Crippen LogP contribution in [0.5, 0.6) is 0 Å². The fraction of sp³-hybridized carbons (Fsp3) is 0.571. The number of hydrogen-bond donors (Lipinski definition) is 1. The van der Waals surface area contributed by atoms with E-state index in [1.807, 2.05) is 12.1 Å². The Morgan fingerprint density at radius 3 is 2.59 bits per heavy atom. The number of nitrogens with two attached hydrogens (primary N) is 1.